The van der Waals surface area contributed by atoms with Gasteiger partial charge in [0.05, 0.1) is 5.75 Å². The number of nitrogens with zero attached hydrogens (tertiary/aromatic N) is 2. The quantitative estimate of drug-likeness (QED) is 0.526. The van der Waals surface area contributed by atoms with Crippen LogP contribution in [0.5, 0.6) is 0 Å². The maximum absolute atomic E-state index is 10.3. The van der Waals surface area contributed by atoms with Gasteiger partial charge >= 0.3 is 5.97 Å². The molecule has 1 rings (SSSR count). The first kappa shape index (κ1) is 12.0. The molecule has 1 aromatic heterocycles. The van der Waals surface area contributed by atoms with Gasteiger partial charge in [0, 0.05) is 20.1 Å². The Labute approximate surface area is 91.4 Å². The van der Waals surface area contributed by atoms with Gasteiger partial charge in [-0.2, -0.15) is 0 Å². The van der Waals surface area contributed by atoms with Crippen molar-refractivity contribution in [1.82, 2.24) is 15.2 Å². The highest BCUT2D eigenvalue weighted by atomic mass is 32.2. The number of rotatable bonds is 7. The number of carboxylic acids is 1. The number of aliphatic carboxylic acids is 1. The third-order valence-corrected chi connectivity index (χ3v) is 2.43. The number of hydrogen-bond acceptors (Lipinski definition) is 5. The van der Waals surface area contributed by atoms with Crippen LogP contribution < -0.4 is 0 Å². The van der Waals surface area contributed by atoms with Crippen molar-refractivity contribution in [2.24, 2.45) is 0 Å². The molecule has 0 spiro atoms. The lowest BCUT2D eigenvalue weighted by atomic mass is 10.3. The van der Waals surface area contributed by atoms with Crippen LogP contribution in [-0.4, -0.2) is 45.7 Å². The van der Waals surface area contributed by atoms with E-state index in [4.69, 9.17) is 9.84 Å². The fourth-order valence-electron chi connectivity index (χ4n) is 0.964. The van der Waals surface area contributed by atoms with Crippen LogP contribution >= 0.6 is 11.8 Å². The number of carboxylic acid groups (broad SMARTS) is 1. The van der Waals surface area contributed by atoms with E-state index in [1.54, 1.807) is 7.11 Å². The third-order valence-electron chi connectivity index (χ3n) is 1.60. The van der Waals surface area contributed by atoms with E-state index in [-0.39, 0.29) is 5.75 Å². The fraction of sp³-hybridized carbons (Fsp3) is 0.625. The SMILES string of the molecule is COCCCc1nc(SCC(=O)O)n[nH]1. The third kappa shape index (κ3) is 4.80. The van der Waals surface area contributed by atoms with E-state index in [9.17, 15) is 4.79 Å². The fourth-order valence-corrected chi connectivity index (χ4v) is 1.50. The van der Waals surface area contributed by atoms with Gasteiger partial charge in [-0.15, -0.1) is 5.10 Å². The van der Waals surface area contributed by atoms with Gasteiger partial charge in [0.1, 0.15) is 5.82 Å². The van der Waals surface area contributed by atoms with Crippen LogP contribution in [0.3, 0.4) is 0 Å². The molecule has 0 saturated heterocycles. The minimum atomic E-state index is -0.870. The number of aryl methyl sites for hydroxylation is 1. The molecular formula is C8H13N3O3S. The molecule has 0 saturated carbocycles. The van der Waals surface area contributed by atoms with Crippen LogP contribution in [0.25, 0.3) is 0 Å². The van der Waals surface area contributed by atoms with Crippen LogP contribution in [0.4, 0.5) is 0 Å². The zero-order valence-electron chi connectivity index (χ0n) is 8.39. The first-order valence-electron chi connectivity index (χ1n) is 4.47. The lowest BCUT2D eigenvalue weighted by molar-refractivity contribution is -0.133. The predicted molar refractivity (Wildman–Crippen MR) is 54.9 cm³/mol. The predicted octanol–water partition coefficient (Wildman–Crippen LogP) is 0.560. The van der Waals surface area contributed by atoms with Crippen molar-refractivity contribution < 1.29 is 14.6 Å². The molecule has 0 atom stereocenters. The maximum atomic E-state index is 10.3. The lowest BCUT2D eigenvalue weighted by Crippen LogP contribution is -1.98. The molecule has 0 unspecified atom stereocenters. The molecule has 6 nitrogen and oxygen atoms in total. The van der Waals surface area contributed by atoms with E-state index in [0.29, 0.717) is 11.8 Å². The minimum Gasteiger partial charge on any atom is -0.481 e. The van der Waals surface area contributed by atoms with Crippen molar-refractivity contribution in [3.05, 3.63) is 5.82 Å². The number of hydrogen-bond donors (Lipinski definition) is 2. The number of aromatic nitrogens is 3. The smallest absolute Gasteiger partial charge is 0.313 e. The zero-order valence-corrected chi connectivity index (χ0v) is 9.21. The number of methoxy groups -OCH3 is 1. The van der Waals surface area contributed by atoms with Crippen molar-refractivity contribution in [3.63, 3.8) is 0 Å². The lowest BCUT2D eigenvalue weighted by Gasteiger charge is -1.94. The van der Waals surface area contributed by atoms with E-state index in [1.807, 2.05) is 0 Å². The molecule has 0 aliphatic rings. The van der Waals surface area contributed by atoms with Gasteiger partial charge in [-0.3, -0.25) is 9.89 Å². The summed E-state index contributed by atoms with van der Waals surface area (Å²) in [6, 6.07) is 0. The summed E-state index contributed by atoms with van der Waals surface area (Å²) >= 11 is 1.10. The number of aromatic amines is 1. The van der Waals surface area contributed by atoms with Crippen molar-refractivity contribution in [2.45, 2.75) is 18.0 Å². The monoisotopic (exact) mass is 231 g/mol. The molecule has 0 aliphatic heterocycles. The second-order valence-corrected chi connectivity index (χ2v) is 3.79. The van der Waals surface area contributed by atoms with Crippen LogP contribution in [0.15, 0.2) is 5.16 Å². The van der Waals surface area contributed by atoms with Crippen LogP contribution in [-0.2, 0) is 16.0 Å². The molecule has 7 heteroatoms. The number of carbonyl (C=O) groups is 1. The molecule has 0 bridgehead atoms. The van der Waals surface area contributed by atoms with Crippen molar-refractivity contribution in [2.75, 3.05) is 19.5 Å². The minimum absolute atomic E-state index is 0.0185. The Morgan fingerprint density at radius 3 is 3.13 bits per heavy atom. The number of H-pyrrole nitrogens is 1. The maximum Gasteiger partial charge on any atom is 0.313 e. The van der Waals surface area contributed by atoms with Crippen LogP contribution in [0.1, 0.15) is 12.2 Å². The van der Waals surface area contributed by atoms with E-state index in [1.165, 1.54) is 0 Å². The average Bonchev–Trinajstić information content (AvgIpc) is 2.63. The summed E-state index contributed by atoms with van der Waals surface area (Å²) in [5.41, 5.74) is 0. The zero-order chi connectivity index (χ0) is 11.1. The van der Waals surface area contributed by atoms with Gasteiger partial charge in [-0.05, 0) is 6.42 Å². The summed E-state index contributed by atoms with van der Waals surface area (Å²) in [7, 11) is 1.65. The molecule has 1 aromatic rings. The second kappa shape index (κ2) is 6.41. The van der Waals surface area contributed by atoms with Crippen LogP contribution in [0, 0.1) is 0 Å². The van der Waals surface area contributed by atoms with E-state index in [2.05, 4.69) is 15.2 Å². The molecule has 0 fully saturated rings. The molecular weight excluding hydrogens is 218 g/mol. The normalized spacial score (nSPS) is 10.5. The van der Waals surface area contributed by atoms with Crippen molar-refractivity contribution in [3.8, 4) is 0 Å². The summed E-state index contributed by atoms with van der Waals surface area (Å²) in [6.45, 7) is 0.679. The molecule has 2 N–H and O–H groups in total. The summed E-state index contributed by atoms with van der Waals surface area (Å²) in [6.07, 6.45) is 1.63. The molecule has 84 valence electrons. The Bertz CT molecular complexity index is 316. The average molecular weight is 231 g/mol. The number of ether oxygens (including phenoxy) is 1. The highest BCUT2D eigenvalue weighted by molar-refractivity contribution is 7.99. The van der Waals surface area contributed by atoms with Gasteiger partial charge in [0.2, 0.25) is 5.16 Å². The second-order valence-electron chi connectivity index (χ2n) is 2.84. The number of thioether (sulfide) groups is 1. The Balaban J connectivity index is 2.32. The summed E-state index contributed by atoms with van der Waals surface area (Å²) in [5.74, 6) is -0.124. The highest BCUT2D eigenvalue weighted by Crippen LogP contribution is 2.11. The van der Waals surface area contributed by atoms with E-state index >= 15 is 0 Å². The summed E-state index contributed by atoms with van der Waals surface area (Å²) in [5, 5.41) is 15.6. The van der Waals surface area contributed by atoms with Gasteiger partial charge in [0.15, 0.2) is 0 Å². The molecule has 0 radical (unpaired) electrons. The molecule has 1 heterocycles. The van der Waals surface area contributed by atoms with Gasteiger partial charge < -0.3 is 9.84 Å². The topological polar surface area (TPSA) is 88.1 Å². The van der Waals surface area contributed by atoms with Gasteiger partial charge in [-0.25, -0.2) is 4.98 Å². The molecule has 15 heavy (non-hydrogen) atoms. The molecule has 0 aliphatic carbocycles. The van der Waals surface area contributed by atoms with Crippen LogP contribution in [0.2, 0.25) is 0 Å². The molecule has 0 aromatic carbocycles. The van der Waals surface area contributed by atoms with Crippen molar-refractivity contribution >= 4 is 17.7 Å². The Kier molecular flexibility index (Phi) is 5.13. The highest BCUT2D eigenvalue weighted by Gasteiger charge is 2.05. The first-order valence-corrected chi connectivity index (χ1v) is 5.45. The van der Waals surface area contributed by atoms with Gasteiger partial charge in [0.25, 0.3) is 0 Å². The molecule has 0 amide bonds. The summed E-state index contributed by atoms with van der Waals surface area (Å²) in [4.78, 5) is 14.4. The standard InChI is InChI=1S/C8H13N3O3S/c1-14-4-2-3-6-9-8(11-10-6)15-5-7(12)13/h2-5H2,1H3,(H,12,13)(H,9,10,11). The Hall–Kier alpha value is -1.08. The van der Waals surface area contributed by atoms with E-state index in [0.717, 1.165) is 30.4 Å². The Morgan fingerprint density at radius 2 is 2.47 bits per heavy atom. The Morgan fingerprint density at radius 1 is 1.67 bits per heavy atom. The number of nitrogens with one attached hydrogen (secondary N) is 1. The first-order chi connectivity index (χ1) is 7.22. The van der Waals surface area contributed by atoms with E-state index < -0.39 is 5.97 Å². The van der Waals surface area contributed by atoms with Crippen molar-refractivity contribution in [1.29, 1.82) is 0 Å². The summed E-state index contributed by atoms with van der Waals surface area (Å²) < 4.78 is 4.90. The largest absolute Gasteiger partial charge is 0.481 e. The van der Waals surface area contributed by atoms with Gasteiger partial charge in [-0.1, -0.05) is 11.8 Å².